The first kappa shape index (κ1) is 26.1. The molecule has 1 aliphatic rings. The normalized spacial score (nSPS) is 22.4. The second-order valence-electron chi connectivity index (χ2n) is 9.09. The molecule has 1 aliphatic heterocycles. The molecule has 0 saturated carbocycles. The molecule has 3 N–H and O–H groups in total. The Morgan fingerprint density at radius 3 is 2.71 bits per heavy atom. The Kier molecular flexibility index (Phi) is 7.73. The zero-order valence-corrected chi connectivity index (χ0v) is 20.5. The highest BCUT2D eigenvalue weighted by atomic mass is 19.1. The minimum atomic E-state index is -1.31. The summed E-state index contributed by atoms with van der Waals surface area (Å²) in [5.41, 5.74) is 6.63. The number of aliphatic hydroxyl groups is 1. The number of aliphatic imine (C=N–C) groups is 2. The summed E-state index contributed by atoms with van der Waals surface area (Å²) in [7, 11) is 1.51. The van der Waals surface area contributed by atoms with Crippen molar-refractivity contribution in [2.45, 2.75) is 44.9 Å². The van der Waals surface area contributed by atoms with Gasteiger partial charge in [-0.25, -0.2) is 14.4 Å². The van der Waals surface area contributed by atoms with Gasteiger partial charge in [-0.3, -0.25) is 0 Å². The standard InChI is InChI=1S/C27H31FN4O3/c1-17(2)12-20(10-11-33)26(3)16-27(34-5,32-25(30)31-4)22-14-19(7-9-24(22)35-26)21-13-18(15-29)6-8-23(21)28/h6-9,12-14,20,33H,4,10-11,16H2,1-3,5H3,(H2,30,32)/t20?,26-,27?/m0/s1. The molecule has 1 heterocycles. The number of hydrogen-bond acceptors (Lipinski definition) is 5. The molecule has 0 aliphatic carbocycles. The predicted octanol–water partition coefficient (Wildman–Crippen LogP) is 4.68. The molecular weight excluding hydrogens is 447 g/mol. The van der Waals surface area contributed by atoms with E-state index >= 15 is 0 Å². The van der Waals surface area contributed by atoms with Gasteiger partial charge in [0.05, 0.1) is 11.6 Å². The summed E-state index contributed by atoms with van der Waals surface area (Å²) in [6, 6.07) is 11.4. The molecule has 0 fully saturated rings. The highest BCUT2D eigenvalue weighted by molar-refractivity contribution is 5.83. The molecular formula is C27H31FN4O3. The summed E-state index contributed by atoms with van der Waals surface area (Å²) >= 11 is 0. The van der Waals surface area contributed by atoms with Crippen molar-refractivity contribution in [3.05, 3.63) is 65.0 Å². The molecule has 0 amide bonds. The van der Waals surface area contributed by atoms with Gasteiger partial charge in [0.2, 0.25) is 5.96 Å². The number of nitriles is 1. The number of nitrogens with two attached hydrogens (primary N) is 1. The smallest absolute Gasteiger partial charge is 0.217 e. The van der Waals surface area contributed by atoms with Gasteiger partial charge in [-0.2, -0.15) is 5.26 Å². The molecule has 2 aromatic carbocycles. The van der Waals surface area contributed by atoms with Crippen LogP contribution in [0.1, 0.15) is 44.7 Å². The van der Waals surface area contributed by atoms with Gasteiger partial charge < -0.3 is 20.3 Å². The van der Waals surface area contributed by atoms with Gasteiger partial charge in [0.15, 0.2) is 5.72 Å². The lowest BCUT2D eigenvalue weighted by Gasteiger charge is -2.47. The van der Waals surface area contributed by atoms with Crippen molar-refractivity contribution in [3.63, 3.8) is 0 Å². The fraction of sp³-hybridized carbons (Fsp3) is 0.370. The molecule has 8 heteroatoms. The topological polar surface area (TPSA) is 113 Å². The summed E-state index contributed by atoms with van der Waals surface area (Å²) in [6.45, 7) is 9.37. The summed E-state index contributed by atoms with van der Waals surface area (Å²) in [4.78, 5) is 8.34. The van der Waals surface area contributed by atoms with Crippen LogP contribution in [0.15, 0.2) is 58.0 Å². The SMILES string of the molecule is C=NC(N)=NC1(OC)C[C@@](C)(C(C=C(C)C)CCO)Oc2ccc(-c3cc(C#N)ccc3F)cc21. The monoisotopic (exact) mass is 478 g/mol. The average molecular weight is 479 g/mol. The van der Waals surface area contributed by atoms with Crippen LogP contribution in [-0.2, 0) is 10.5 Å². The van der Waals surface area contributed by atoms with E-state index in [0.717, 1.165) is 5.57 Å². The van der Waals surface area contributed by atoms with Gasteiger partial charge in [0, 0.05) is 37.2 Å². The Labute approximate surface area is 205 Å². The number of guanidine groups is 1. The number of hydrogen-bond donors (Lipinski definition) is 2. The minimum absolute atomic E-state index is 0.0205. The highest BCUT2D eigenvalue weighted by Crippen LogP contribution is 2.51. The molecule has 35 heavy (non-hydrogen) atoms. The van der Waals surface area contributed by atoms with Crippen LogP contribution in [0.25, 0.3) is 11.1 Å². The van der Waals surface area contributed by atoms with E-state index in [1.54, 1.807) is 18.2 Å². The second-order valence-corrected chi connectivity index (χ2v) is 9.09. The molecule has 2 unspecified atom stereocenters. The number of ether oxygens (including phenoxy) is 2. The lowest BCUT2D eigenvalue weighted by molar-refractivity contribution is -0.107. The number of fused-ring (bicyclic) bond motifs is 1. The maximum Gasteiger partial charge on any atom is 0.217 e. The molecule has 3 rings (SSSR count). The quantitative estimate of drug-likeness (QED) is 0.341. The van der Waals surface area contributed by atoms with E-state index in [9.17, 15) is 14.8 Å². The lowest BCUT2D eigenvalue weighted by Crippen LogP contribution is -2.51. The van der Waals surface area contributed by atoms with Crippen molar-refractivity contribution in [3.8, 4) is 22.9 Å². The Balaban J connectivity index is 2.26. The minimum Gasteiger partial charge on any atom is -0.486 e. The molecule has 3 atom stereocenters. The van der Waals surface area contributed by atoms with Gasteiger partial charge in [-0.1, -0.05) is 17.7 Å². The summed E-state index contributed by atoms with van der Waals surface area (Å²) in [5.74, 6) is -0.188. The van der Waals surface area contributed by atoms with Gasteiger partial charge in [-0.15, -0.1) is 0 Å². The van der Waals surface area contributed by atoms with Crippen molar-refractivity contribution in [2.24, 2.45) is 21.6 Å². The number of halogens is 1. The first-order valence-corrected chi connectivity index (χ1v) is 11.3. The number of rotatable bonds is 7. The van der Waals surface area contributed by atoms with E-state index in [-0.39, 0.29) is 30.5 Å². The van der Waals surface area contributed by atoms with E-state index in [1.807, 2.05) is 26.8 Å². The largest absolute Gasteiger partial charge is 0.486 e. The first-order chi connectivity index (χ1) is 16.6. The van der Waals surface area contributed by atoms with Crippen LogP contribution in [0, 0.1) is 23.1 Å². The highest BCUT2D eigenvalue weighted by Gasteiger charge is 2.51. The Morgan fingerprint density at radius 1 is 1.37 bits per heavy atom. The van der Waals surface area contributed by atoms with Gasteiger partial charge >= 0.3 is 0 Å². The van der Waals surface area contributed by atoms with Crippen LogP contribution < -0.4 is 10.5 Å². The van der Waals surface area contributed by atoms with Crippen molar-refractivity contribution < 1.29 is 19.0 Å². The molecule has 0 aromatic heterocycles. The molecule has 0 spiro atoms. The molecule has 184 valence electrons. The van der Waals surface area contributed by atoms with Crippen LogP contribution in [0.2, 0.25) is 0 Å². The van der Waals surface area contributed by atoms with Gasteiger partial charge in [0.25, 0.3) is 0 Å². The maximum atomic E-state index is 14.7. The van der Waals surface area contributed by atoms with Crippen molar-refractivity contribution in [2.75, 3.05) is 13.7 Å². The van der Waals surface area contributed by atoms with Crippen LogP contribution in [0.3, 0.4) is 0 Å². The van der Waals surface area contributed by atoms with Crippen molar-refractivity contribution in [1.82, 2.24) is 0 Å². The third kappa shape index (κ3) is 5.26. The third-order valence-corrected chi connectivity index (χ3v) is 6.29. The fourth-order valence-electron chi connectivity index (χ4n) is 4.63. The number of benzene rings is 2. The Hall–Kier alpha value is -3.54. The summed E-state index contributed by atoms with van der Waals surface area (Å²) in [5, 5.41) is 19.0. The van der Waals surface area contributed by atoms with Crippen molar-refractivity contribution >= 4 is 12.7 Å². The number of aliphatic hydroxyl groups excluding tert-OH is 1. The number of allylic oxidation sites excluding steroid dienone is 1. The molecule has 0 saturated heterocycles. The predicted molar refractivity (Wildman–Crippen MR) is 135 cm³/mol. The summed E-state index contributed by atoms with van der Waals surface area (Å²) < 4.78 is 27.3. The Bertz CT molecular complexity index is 1220. The maximum absolute atomic E-state index is 14.7. The van der Waals surface area contributed by atoms with E-state index in [2.05, 4.69) is 22.8 Å². The second kappa shape index (κ2) is 10.4. The Morgan fingerprint density at radius 2 is 2.11 bits per heavy atom. The van der Waals surface area contributed by atoms with Crippen LogP contribution in [0.4, 0.5) is 4.39 Å². The van der Waals surface area contributed by atoms with Crippen molar-refractivity contribution in [1.29, 1.82) is 5.26 Å². The number of nitrogens with zero attached hydrogens (tertiary/aromatic N) is 3. The van der Waals surface area contributed by atoms with Gasteiger partial charge in [0.1, 0.15) is 17.2 Å². The van der Waals surface area contributed by atoms with E-state index < -0.39 is 17.1 Å². The third-order valence-electron chi connectivity index (χ3n) is 6.29. The van der Waals surface area contributed by atoms with Gasteiger partial charge in [-0.05, 0) is 69.8 Å². The van der Waals surface area contributed by atoms with Crippen LogP contribution in [-0.4, -0.2) is 37.1 Å². The first-order valence-electron chi connectivity index (χ1n) is 11.3. The van der Waals surface area contributed by atoms with Crippen LogP contribution >= 0.6 is 0 Å². The van der Waals surface area contributed by atoms with E-state index in [1.165, 1.54) is 25.3 Å². The zero-order chi connectivity index (χ0) is 25.8. The molecule has 2 aromatic rings. The molecule has 7 nitrogen and oxygen atoms in total. The van der Waals surface area contributed by atoms with Crippen LogP contribution in [0.5, 0.6) is 5.75 Å². The molecule has 0 bridgehead atoms. The summed E-state index contributed by atoms with van der Waals surface area (Å²) in [6.07, 6.45) is 2.79. The zero-order valence-electron chi connectivity index (χ0n) is 20.5. The fourth-order valence-corrected chi connectivity index (χ4v) is 4.63. The van der Waals surface area contributed by atoms with E-state index in [0.29, 0.717) is 28.9 Å². The number of methoxy groups -OCH3 is 1. The van der Waals surface area contributed by atoms with E-state index in [4.69, 9.17) is 15.2 Å². The lowest BCUT2D eigenvalue weighted by atomic mass is 9.75. The molecule has 0 radical (unpaired) electrons. The average Bonchev–Trinajstić information content (AvgIpc) is 2.83.